The number of anilines is 2. The van der Waals surface area contributed by atoms with Gasteiger partial charge in [-0.15, -0.1) is 0 Å². The standard InChI is InChI=1S/C21H23F2N3O5S/c1-14(26(32(2,29)30)15-7-8-17(22)18(23)13-15)20(27)24-19-6-4-3-5-16(19)21(28)25-9-11-31-12-10-25/h3-8,13-14H,9-12H2,1-2H3,(H,24,27). The average Bonchev–Trinajstić information content (AvgIpc) is 2.76. The molecule has 0 radical (unpaired) electrons. The normalized spacial score (nSPS) is 15.2. The summed E-state index contributed by atoms with van der Waals surface area (Å²) in [6.45, 7) is 2.96. The van der Waals surface area contributed by atoms with E-state index in [9.17, 15) is 26.8 Å². The van der Waals surface area contributed by atoms with Gasteiger partial charge in [-0.2, -0.15) is 0 Å². The molecule has 172 valence electrons. The highest BCUT2D eigenvalue weighted by atomic mass is 32.2. The van der Waals surface area contributed by atoms with E-state index in [-0.39, 0.29) is 22.8 Å². The highest BCUT2D eigenvalue weighted by molar-refractivity contribution is 7.92. The molecule has 11 heteroatoms. The van der Waals surface area contributed by atoms with Gasteiger partial charge in [-0.3, -0.25) is 13.9 Å². The quantitative estimate of drug-likeness (QED) is 0.703. The van der Waals surface area contributed by atoms with Crippen LogP contribution in [0.4, 0.5) is 20.2 Å². The molecule has 0 saturated carbocycles. The van der Waals surface area contributed by atoms with Gasteiger partial charge in [-0.05, 0) is 31.2 Å². The SMILES string of the molecule is CC(C(=O)Nc1ccccc1C(=O)N1CCOCC1)N(c1ccc(F)c(F)c1)S(C)(=O)=O. The summed E-state index contributed by atoms with van der Waals surface area (Å²) in [7, 11) is -4.03. The number of nitrogens with one attached hydrogen (secondary N) is 1. The molecular formula is C21H23F2N3O5S. The number of rotatable bonds is 6. The lowest BCUT2D eigenvalue weighted by molar-refractivity contribution is -0.116. The van der Waals surface area contributed by atoms with Crippen LogP contribution in [0.2, 0.25) is 0 Å². The first-order valence-corrected chi connectivity index (χ1v) is 11.7. The highest BCUT2D eigenvalue weighted by Gasteiger charge is 2.31. The van der Waals surface area contributed by atoms with Crippen LogP contribution in [0, 0.1) is 11.6 Å². The van der Waals surface area contributed by atoms with Gasteiger partial charge in [0.25, 0.3) is 5.91 Å². The second-order valence-corrected chi connectivity index (χ2v) is 9.13. The molecule has 0 bridgehead atoms. The first-order chi connectivity index (χ1) is 15.1. The Kier molecular flexibility index (Phi) is 7.09. The van der Waals surface area contributed by atoms with E-state index < -0.39 is 33.6 Å². The van der Waals surface area contributed by atoms with Crippen LogP contribution in [0.3, 0.4) is 0 Å². The molecule has 1 saturated heterocycles. The van der Waals surface area contributed by atoms with Gasteiger partial charge in [-0.1, -0.05) is 12.1 Å². The lowest BCUT2D eigenvalue weighted by Crippen LogP contribution is -2.46. The number of hydrogen-bond donors (Lipinski definition) is 1. The minimum atomic E-state index is -4.03. The van der Waals surface area contributed by atoms with Crippen molar-refractivity contribution in [1.82, 2.24) is 4.90 Å². The van der Waals surface area contributed by atoms with Crippen LogP contribution in [0.1, 0.15) is 17.3 Å². The van der Waals surface area contributed by atoms with E-state index >= 15 is 0 Å². The number of benzene rings is 2. The number of carbonyl (C=O) groups is 2. The Hall–Kier alpha value is -3.05. The predicted molar refractivity (Wildman–Crippen MR) is 115 cm³/mol. The molecule has 1 aliphatic heterocycles. The van der Waals surface area contributed by atoms with E-state index in [2.05, 4.69) is 5.32 Å². The molecule has 2 aromatic carbocycles. The highest BCUT2D eigenvalue weighted by Crippen LogP contribution is 2.25. The molecule has 1 N–H and O–H groups in total. The number of sulfonamides is 1. The number of nitrogens with zero attached hydrogens (tertiary/aromatic N) is 2. The summed E-state index contributed by atoms with van der Waals surface area (Å²) in [5, 5.41) is 2.59. The zero-order chi connectivity index (χ0) is 23.5. The third-order valence-corrected chi connectivity index (χ3v) is 6.20. The Morgan fingerprint density at radius 1 is 1.09 bits per heavy atom. The Balaban J connectivity index is 1.87. The molecule has 0 aromatic heterocycles. The fourth-order valence-electron chi connectivity index (χ4n) is 3.38. The van der Waals surface area contributed by atoms with Gasteiger partial charge >= 0.3 is 0 Å². The zero-order valence-electron chi connectivity index (χ0n) is 17.5. The van der Waals surface area contributed by atoms with Crippen molar-refractivity contribution in [1.29, 1.82) is 0 Å². The minimum absolute atomic E-state index is 0.202. The predicted octanol–water partition coefficient (Wildman–Crippen LogP) is 2.23. The molecule has 2 aromatic rings. The van der Waals surface area contributed by atoms with Crippen LogP contribution in [-0.2, 0) is 19.6 Å². The van der Waals surface area contributed by atoms with E-state index in [0.29, 0.717) is 36.7 Å². The van der Waals surface area contributed by atoms with Gasteiger partial charge in [0.05, 0.1) is 36.4 Å². The second kappa shape index (κ2) is 9.61. The Labute approximate surface area is 184 Å². The molecule has 8 nitrogen and oxygen atoms in total. The van der Waals surface area contributed by atoms with Crippen molar-refractivity contribution >= 4 is 33.2 Å². The maximum absolute atomic E-state index is 13.7. The van der Waals surface area contributed by atoms with Crippen LogP contribution in [0.5, 0.6) is 0 Å². The monoisotopic (exact) mass is 467 g/mol. The summed E-state index contributed by atoms with van der Waals surface area (Å²) in [4.78, 5) is 27.4. The van der Waals surface area contributed by atoms with Crippen molar-refractivity contribution in [3.8, 4) is 0 Å². The summed E-state index contributed by atoms with van der Waals surface area (Å²) >= 11 is 0. The van der Waals surface area contributed by atoms with Crippen LogP contribution in [0.15, 0.2) is 42.5 Å². The van der Waals surface area contributed by atoms with Crippen molar-refractivity contribution < 1.29 is 31.5 Å². The molecule has 1 atom stereocenters. The third kappa shape index (κ3) is 5.22. The van der Waals surface area contributed by atoms with Crippen LogP contribution in [-0.4, -0.2) is 63.7 Å². The van der Waals surface area contributed by atoms with Crippen molar-refractivity contribution in [3.05, 3.63) is 59.7 Å². The van der Waals surface area contributed by atoms with Crippen LogP contribution in [0.25, 0.3) is 0 Å². The summed E-state index contributed by atoms with van der Waals surface area (Å²) in [5.41, 5.74) is 0.250. The topological polar surface area (TPSA) is 96.0 Å². The van der Waals surface area contributed by atoms with E-state index in [1.165, 1.54) is 13.0 Å². The first-order valence-electron chi connectivity index (χ1n) is 9.81. The number of ether oxygens (including phenoxy) is 1. The lowest BCUT2D eigenvalue weighted by atomic mass is 10.1. The van der Waals surface area contributed by atoms with Crippen LogP contribution >= 0.6 is 0 Å². The number of amides is 2. The number of hydrogen-bond acceptors (Lipinski definition) is 5. The van der Waals surface area contributed by atoms with Crippen LogP contribution < -0.4 is 9.62 Å². The summed E-state index contributed by atoms with van der Waals surface area (Å²) in [6, 6.07) is 7.60. The molecule has 1 unspecified atom stereocenters. The maximum Gasteiger partial charge on any atom is 0.256 e. The van der Waals surface area contributed by atoms with E-state index in [1.54, 1.807) is 23.1 Å². The molecule has 2 amide bonds. The Morgan fingerprint density at radius 3 is 2.38 bits per heavy atom. The van der Waals surface area contributed by atoms with Crippen molar-refractivity contribution in [2.75, 3.05) is 42.2 Å². The third-order valence-electron chi connectivity index (χ3n) is 4.96. The van der Waals surface area contributed by atoms with Crippen molar-refractivity contribution in [2.45, 2.75) is 13.0 Å². The van der Waals surface area contributed by atoms with Gasteiger partial charge in [0.1, 0.15) is 6.04 Å². The molecule has 0 spiro atoms. The lowest BCUT2D eigenvalue weighted by Gasteiger charge is -2.29. The Morgan fingerprint density at radius 2 is 1.75 bits per heavy atom. The fraction of sp³-hybridized carbons (Fsp3) is 0.333. The molecule has 1 aliphatic rings. The molecule has 1 heterocycles. The maximum atomic E-state index is 13.7. The fourth-order valence-corrected chi connectivity index (χ4v) is 4.55. The minimum Gasteiger partial charge on any atom is -0.378 e. The largest absolute Gasteiger partial charge is 0.378 e. The molecule has 0 aliphatic carbocycles. The van der Waals surface area contributed by atoms with Gasteiger partial charge in [0.2, 0.25) is 15.9 Å². The average molecular weight is 467 g/mol. The van der Waals surface area contributed by atoms with Gasteiger partial charge in [0, 0.05) is 19.2 Å². The zero-order valence-corrected chi connectivity index (χ0v) is 18.4. The van der Waals surface area contributed by atoms with Crippen molar-refractivity contribution in [2.24, 2.45) is 0 Å². The summed E-state index contributed by atoms with van der Waals surface area (Å²) < 4.78 is 57.7. The van der Waals surface area contributed by atoms with E-state index in [0.717, 1.165) is 18.4 Å². The molecule has 3 rings (SSSR count). The second-order valence-electron chi connectivity index (χ2n) is 7.27. The number of para-hydroxylation sites is 1. The number of carbonyl (C=O) groups excluding carboxylic acids is 2. The van der Waals surface area contributed by atoms with Gasteiger partial charge in [-0.25, -0.2) is 17.2 Å². The molecule has 1 fully saturated rings. The van der Waals surface area contributed by atoms with E-state index in [1.807, 2.05) is 0 Å². The molecule has 32 heavy (non-hydrogen) atoms. The first kappa shape index (κ1) is 23.6. The van der Waals surface area contributed by atoms with Gasteiger partial charge in [0.15, 0.2) is 11.6 Å². The van der Waals surface area contributed by atoms with Gasteiger partial charge < -0.3 is 15.0 Å². The van der Waals surface area contributed by atoms with E-state index in [4.69, 9.17) is 4.74 Å². The molecular weight excluding hydrogens is 444 g/mol. The van der Waals surface area contributed by atoms with Crippen molar-refractivity contribution in [3.63, 3.8) is 0 Å². The smallest absolute Gasteiger partial charge is 0.256 e. The number of halogens is 2. The Bertz CT molecular complexity index is 1120. The summed E-state index contributed by atoms with van der Waals surface area (Å²) in [5.74, 6) is -3.43. The number of morpholine rings is 1. The summed E-state index contributed by atoms with van der Waals surface area (Å²) in [6.07, 6.45) is 0.855.